The number of aliphatic hydroxyl groups excluding tert-OH is 2. The maximum absolute atomic E-state index is 9.85. The molecule has 51 heavy (non-hydrogen) atoms. The number of aliphatic hydroxyl groups is 2. The molecule has 1 aliphatic heterocycles. The van der Waals surface area contributed by atoms with Crippen LogP contribution in [-0.2, 0) is 17.9 Å². The maximum atomic E-state index is 9.85. The number of nitriles is 1. The van der Waals surface area contributed by atoms with Gasteiger partial charge in [0, 0.05) is 75.0 Å². The van der Waals surface area contributed by atoms with Gasteiger partial charge in [-0.2, -0.15) is 5.26 Å². The van der Waals surface area contributed by atoms with Gasteiger partial charge in [0.05, 0.1) is 23.3 Å². The molecule has 3 N–H and O–H groups in total. The third kappa shape index (κ3) is 9.69. The van der Waals surface area contributed by atoms with Gasteiger partial charge >= 0.3 is 0 Å². The van der Waals surface area contributed by atoms with Gasteiger partial charge in [0.1, 0.15) is 41.3 Å². The number of alkyl halides is 1. The zero-order chi connectivity index (χ0) is 36.4. The van der Waals surface area contributed by atoms with E-state index in [4.69, 9.17) is 37.4 Å². The third-order valence-electron chi connectivity index (χ3n) is 9.44. The number of nitrogens with one attached hydrogen (secondary N) is 1. The van der Waals surface area contributed by atoms with Crippen LogP contribution in [0.4, 0.5) is 0 Å². The number of rotatable bonds is 18. The lowest BCUT2D eigenvalue weighted by Gasteiger charge is -2.46. The molecule has 1 aromatic heterocycles. The molecule has 3 unspecified atom stereocenters. The minimum Gasteiger partial charge on any atom is -0.488 e. The van der Waals surface area contributed by atoms with Crippen molar-refractivity contribution in [2.75, 3.05) is 60.1 Å². The fourth-order valence-corrected chi connectivity index (χ4v) is 6.78. The average molecular weight is 737 g/mol. The first-order valence-corrected chi connectivity index (χ1v) is 17.9. The van der Waals surface area contributed by atoms with E-state index in [1.165, 1.54) is 6.20 Å². The van der Waals surface area contributed by atoms with Crippen LogP contribution in [0, 0.1) is 11.3 Å². The second kappa shape index (κ2) is 17.8. The van der Waals surface area contributed by atoms with Gasteiger partial charge in [0.15, 0.2) is 0 Å². The summed E-state index contributed by atoms with van der Waals surface area (Å²) in [6, 6.07) is 17.9. The summed E-state index contributed by atoms with van der Waals surface area (Å²) < 4.78 is 19.6. The van der Waals surface area contributed by atoms with Gasteiger partial charge in [0.25, 0.3) is 0 Å². The topological polar surface area (TPSA) is 123 Å². The van der Waals surface area contributed by atoms with E-state index in [1.54, 1.807) is 24.4 Å². The fourth-order valence-electron chi connectivity index (χ4n) is 6.20. The zero-order valence-corrected chi connectivity index (χ0v) is 30.9. The Morgan fingerprint density at radius 2 is 1.92 bits per heavy atom. The highest BCUT2D eigenvalue weighted by Gasteiger charge is 2.51. The van der Waals surface area contributed by atoms with Crippen molar-refractivity contribution < 1.29 is 24.4 Å². The van der Waals surface area contributed by atoms with Crippen molar-refractivity contribution in [2.45, 2.75) is 49.1 Å². The molecule has 0 bridgehead atoms. The molecule has 3 aromatic rings. The fraction of sp³-hybridized carbons (Fsp3) is 0.436. The Hall–Kier alpha value is -3.50. The lowest BCUT2D eigenvalue weighted by atomic mass is 9.76. The van der Waals surface area contributed by atoms with E-state index in [2.05, 4.69) is 40.3 Å². The molecule has 2 aliphatic rings. The average Bonchev–Trinajstić information content (AvgIpc) is 3.10. The van der Waals surface area contributed by atoms with Crippen LogP contribution < -0.4 is 14.8 Å². The standard InChI is InChI=1S/C39H47Cl2N5O5/c1-38(41)34(30-9-5-4-6-10-30)11-7-12-39(38,51-14-8-13-46-23-32(24-46)45(2)3)27-50-37-17-36(49-26-29-15-28(18-42)19-43-20-29)31(16-35(37)40)21-44-22-33(48)25-47/h4-7,9-12,15-17,19-20,32-33,44,47-48H,8,13-14,21-27H2,1-3H3. The second-order valence-electron chi connectivity index (χ2n) is 13.4. The van der Waals surface area contributed by atoms with E-state index < -0.39 is 16.6 Å². The molecule has 1 aliphatic carbocycles. The highest BCUT2D eigenvalue weighted by Crippen LogP contribution is 2.47. The first-order valence-electron chi connectivity index (χ1n) is 17.1. The lowest BCUT2D eigenvalue weighted by Crippen LogP contribution is -2.57. The largest absolute Gasteiger partial charge is 0.488 e. The number of benzene rings is 2. The van der Waals surface area contributed by atoms with Crippen LogP contribution in [0.1, 0.15) is 35.6 Å². The monoisotopic (exact) mass is 735 g/mol. The first-order chi connectivity index (χ1) is 24.5. The van der Waals surface area contributed by atoms with Crippen molar-refractivity contribution >= 4 is 28.8 Å². The summed E-state index contributed by atoms with van der Waals surface area (Å²) in [5, 5.41) is 31.9. The second-order valence-corrected chi connectivity index (χ2v) is 14.6. The lowest BCUT2D eigenvalue weighted by molar-refractivity contribution is -0.0567. The molecule has 0 radical (unpaired) electrons. The van der Waals surface area contributed by atoms with Gasteiger partial charge in [-0.1, -0.05) is 54.1 Å². The molecule has 272 valence electrons. The predicted octanol–water partition coefficient (Wildman–Crippen LogP) is 5.05. The minimum absolute atomic E-state index is 0.0632. The molecule has 0 spiro atoms. The van der Waals surface area contributed by atoms with Crippen LogP contribution in [0.2, 0.25) is 5.02 Å². The molecule has 10 nitrogen and oxygen atoms in total. The zero-order valence-electron chi connectivity index (χ0n) is 29.4. The quantitative estimate of drug-likeness (QED) is 0.121. The minimum atomic E-state index is -1.05. The number of hydrogen-bond donors (Lipinski definition) is 3. The Kier molecular flexibility index (Phi) is 13.5. The molecule has 0 amide bonds. The number of hydrogen-bond acceptors (Lipinski definition) is 10. The van der Waals surface area contributed by atoms with Crippen LogP contribution in [0.3, 0.4) is 0 Å². The van der Waals surface area contributed by atoms with Crippen LogP contribution in [0.15, 0.2) is 79.2 Å². The van der Waals surface area contributed by atoms with Crippen molar-refractivity contribution in [1.82, 2.24) is 20.1 Å². The highest BCUT2D eigenvalue weighted by molar-refractivity contribution is 6.32. The summed E-state index contributed by atoms with van der Waals surface area (Å²) in [6.07, 6.45) is 9.03. The molecular formula is C39H47Cl2N5O5. The predicted molar refractivity (Wildman–Crippen MR) is 200 cm³/mol. The molecule has 1 saturated heterocycles. The molecule has 2 heterocycles. The van der Waals surface area contributed by atoms with E-state index in [1.807, 2.05) is 55.5 Å². The number of likely N-dealkylation sites (tertiary alicyclic amines) is 1. The van der Waals surface area contributed by atoms with Crippen molar-refractivity contribution in [3.8, 4) is 17.6 Å². The van der Waals surface area contributed by atoms with E-state index in [9.17, 15) is 15.5 Å². The molecule has 0 saturated carbocycles. The summed E-state index contributed by atoms with van der Waals surface area (Å²) in [5.74, 6) is 0.866. The van der Waals surface area contributed by atoms with E-state index in [0.717, 1.165) is 42.8 Å². The van der Waals surface area contributed by atoms with Crippen LogP contribution in [-0.4, -0.2) is 108 Å². The van der Waals surface area contributed by atoms with Crippen LogP contribution >= 0.6 is 23.2 Å². The summed E-state index contributed by atoms with van der Waals surface area (Å²) in [5.41, 5.74) is 2.72. The number of ether oxygens (including phenoxy) is 3. The molecule has 1 fully saturated rings. The Morgan fingerprint density at radius 3 is 2.65 bits per heavy atom. The van der Waals surface area contributed by atoms with Crippen LogP contribution in [0.5, 0.6) is 11.5 Å². The Labute approximate surface area is 310 Å². The Bertz CT molecular complexity index is 1710. The van der Waals surface area contributed by atoms with Gasteiger partial charge in [-0.15, -0.1) is 11.6 Å². The molecular weight excluding hydrogens is 689 g/mol. The Balaban J connectivity index is 1.37. The van der Waals surface area contributed by atoms with Gasteiger partial charge in [-0.05, 0) is 56.8 Å². The third-order valence-corrected chi connectivity index (χ3v) is 10.3. The van der Waals surface area contributed by atoms with Crippen LogP contribution in [0.25, 0.3) is 5.57 Å². The number of aromatic nitrogens is 1. The first kappa shape index (κ1) is 38.7. The number of nitrogens with zero attached hydrogens (tertiary/aromatic N) is 4. The summed E-state index contributed by atoms with van der Waals surface area (Å²) in [6.45, 7) is 5.78. The van der Waals surface area contributed by atoms with E-state index >= 15 is 0 Å². The molecule has 3 atom stereocenters. The smallest absolute Gasteiger partial charge is 0.143 e. The Morgan fingerprint density at radius 1 is 1.14 bits per heavy atom. The summed E-state index contributed by atoms with van der Waals surface area (Å²) in [7, 11) is 4.23. The molecule has 12 heteroatoms. The van der Waals surface area contributed by atoms with E-state index in [0.29, 0.717) is 46.8 Å². The van der Waals surface area contributed by atoms with Crippen molar-refractivity contribution in [2.24, 2.45) is 0 Å². The van der Waals surface area contributed by atoms with Crippen molar-refractivity contribution in [3.63, 3.8) is 0 Å². The van der Waals surface area contributed by atoms with Gasteiger partial charge in [-0.3, -0.25) is 4.98 Å². The van der Waals surface area contributed by atoms with Gasteiger partial charge in [0.2, 0.25) is 0 Å². The summed E-state index contributed by atoms with van der Waals surface area (Å²) in [4.78, 5) is 7.82. The number of likely N-dealkylation sites (N-methyl/N-ethyl adjacent to an activating group) is 1. The molecule has 2 aromatic carbocycles. The van der Waals surface area contributed by atoms with Crippen molar-refractivity contribution in [3.05, 3.63) is 106 Å². The van der Waals surface area contributed by atoms with Gasteiger partial charge in [-0.25, -0.2) is 0 Å². The van der Waals surface area contributed by atoms with Crippen molar-refractivity contribution in [1.29, 1.82) is 5.26 Å². The van der Waals surface area contributed by atoms with E-state index in [-0.39, 0.29) is 26.4 Å². The highest BCUT2D eigenvalue weighted by atomic mass is 35.5. The normalized spacial score (nSPS) is 21.2. The number of halogens is 2. The SMILES string of the molecule is CN(C)C1CN(CCCOC2(COc3cc(OCc4cncc(C#N)c4)c(CNCC(O)CO)cc3Cl)C=CC=C(c3ccccc3)C2(C)Cl)C1. The van der Waals surface area contributed by atoms with Gasteiger partial charge < -0.3 is 39.5 Å². The summed E-state index contributed by atoms with van der Waals surface area (Å²) >= 11 is 14.4. The molecule has 5 rings (SSSR count). The number of allylic oxidation sites excluding steroid dienone is 2. The number of pyridine rings is 1. The maximum Gasteiger partial charge on any atom is 0.143 e.